The normalized spacial score (nSPS) is 10.7. The molecule has 32 heavy (non-hydrogen) atoms. The number of carbonyl (C=O) groups excluding carboxylic acids is 1. The van der Waals surface area contributed by atoms with Crippen LogP contribution in [0.1, 0.15) is 0 Å². The average Bonchev–Trinajstić information content (AvgIpc) is 3.20. The Morgan fingerprint density at radius 2 is 2.00 bits per heavy atom. The Kier molecular flexibility index (Phi) is 6.63. The monoisotopic (exact) mass is 471 g/mol. The topological polar surface area (TPSA) is 90.3 Å². The van der Waals surface area contributed by atoms with E-state index in [1.54, 1.807) is 36.4 Å². The number of anilines is 2. The van der Waals surface area contributed by atoms with Gasteiger partial charge in [-0.3, -0.25) is 0 Å². The van der Waals surface area contributed by atoms with Gasteiger partial charge in [-0.25, -0.2) is 14.8 Å². The molecule has 0 saturated heterocycles. The van der Waals surface area contributed by atoms with Crippen molar-refractivity contribution in [1.29, 1.82) is 0 Å². The Morgan fingerprint density at radius 3 is 2.78 bits per heavy atom. The lowest BCUT2D eigenvalue weighted by molar-refractivity contribution is 0.144. The van der Waals surface area contributed by atoms with Crippen molar-refractivity contribution in [2.45, 2.75) is 6.54 Å². The van der Waals surface area contributed by atoms with Gasteiger partial charge in [0.2, 0.25) is 0 Å². The van der Waals surface area contributed by atoms with E-state index in [2.05, 4.69) is 20.6 Å². The summed E-state index contributed by atoms with van der Waals surface area (Å²) in [5.41, 5.74) is 2.26. The molecule has 0 aliphatic rings. The maximum Gasteiger partial charge on any atom is 0.406 e. The number of benzene rings is 2. The highest BCUT2D eigenvalue weighted by atomic mass is 35.5. The maximum atomic E-state index is 11.3. The first-order valence-electron chi connectivity index (χ1n) is 9.68. The standard InChI is InChI=1S/C22H19Cl2N5O3/c1-25-22(30)31-10-9-29-8-7-18-20(29)21(27-13-26-18)28-15-5-6-19(17(24)12-15)32-16-4-2-3-14(23)11-16/h2-8,11-13H,9-10H2,1H3,(H,25,30)(H,26,27,28). The molecule has 2 aromatic carbocycles. The van der Waals surface area contributed by atoms with Crippen molar-refractivity contribution in [3.8, 4) is 11.5 Å². The summed E-state index contributed by atoms with van der Waals surface area (Å²) >= 11 is 12.4. The largest absolute Gasteiger partial charge is 0.456 e. The van der Waals surface area contributed by atoms with Crippen LogP contribution in [-0.4, -0.2) is 34.3 Å². The van der Waals surface area contributed by atoms with E-state index in [4.69, 9.17) is 32.7 Å². The molecule has 8 nitrogen and oxygen atoms in total. The van der Waals surface area contributed by atoms with Gasteiger partial charge in [-0.1, -0.05) is 29.3 Å². The number of nitrogens with zero attached hydrogens (tertiary/aromatic N) is 3. The van der Waals surface area contributed by atoms with Crippen LogP contribution in [0.5, 0.6) is 11.5 Å². The number of ether oxygens (including phenoxy) is 2. The summed E-state index contributed by atoms with van der Waals surface area (Å²) in [6, 6.07) is 14.3. The molecule has 0 spiro atoms. The Balaban J connectivity index is 1.53. The molecule has 164 valence electrons. The van der Waals surface area contributed by atoms with Crippen LogP contribution in [0.15, 0.2) is 61.1 Å². The second-order valence-electron chi connectivity index (χ2n) is 6.68. The third kappa shape index (κ3) is 5.04. The van der Waals surface area contributed by atoms with Gasteiger partial charge in [0.25, 0.3) is 0 Å². The van der Waals surface area contributed by atoms with Crippen molar-refractivity contribution < 1.29 is 14.3 Å². The number of hydrogen-bond donors (Lipinski definition) is 2. The van der Waals surface area contributed by atoms with E-state index in [1.165, 1.54) is 13.4 Å². The molecule has 0 bridgehead atoms. The van der Waals surface area contributed by atoms with Crippen molar-refractivity contribution >= 4 is 51.8 Å². The second kappa shape index (κ2) is 9.76. The van der Waals surface area contributed by atoms with Crippen LogP contribution in [0.2, 0.25) is 10.0 Å². The molecule has 4 aromatic rings. The molecular weight excluding hydrogens is 453 g/mol. The average molecular weight is 472 g/mol. The number of fused-ring (bicyclic) bond motifs is 1. The molecule has 2 heterocycles. The molecule has 0 atom stereocenters. The van der Waals surface area contributed by atoms with Crippen LogP contribution in [-0.2, 0) is 11.3 Å². The van der Waals surface area contributed by atoms with Gasteiger partial charge in [-0.15, -0.1) is 0 Å². The quantitative estimate of drug-likeness (QED) is 0.362. The Labute approximate surface area is 194 Å². The van der Waals surface area contributed by atoms with Crippen LogP contribution in [0.3, 0.4) is 0 Å². The van der Waals surface area contributed by atoms with Gasteiger partial charge in [0, 0.05) is 24.0 Å². The molecule has 0 saturated carbocycles. The first-order chi connectivity index (χ1) is 15.5. The van der Waals surface area contributed by atoms with E-state index in [1.807, 2.05) is 22.9 Å². The second-order valence-corrected chi connectivity index (χ2v) is 7.52. The molecule has 0 aliphatic heterocycles. The highest BCUT2D eigenvalue weighted by Crippen LogP contribution is 2.34. The summed E-state index contributed by atoms with van der Waals surface area (Å²) < 4.78 is 12.8. The summed E-state index contributed by atoms with van der Waals surface area (Å²) in [4.78, 5) is 20.0. The van der Waals surface area contributed by atoms with Gasteiger partial charge in [0.15, 0.2) is 5.82 Å². The Hall–Kier alpha value is -3.49. The fourth-order valence-electron chi connectivity index (χ4n) is 3.07. The molecule has 1 amide bonds. The number of halogens is 2. The van der Waals surface area contributed by atoms with Crippen molar-refractivity contribution in [2.75, 3.05) is 19.0 Å². The molecule has 0 fully saturated rings. The molecule has 2 N–H and O–H groups in total. The van der Waals surface area contributed by atoms with Crippen LogP contribution >= 0.6 is 23.2 Å². The summed E-state index contributed by atoms with van der Waals surface area (Å²) in [5, 5.41) is 6.69. The zero-order valence-electron chi connectivity index (χ0n) is 17.0. The van der Waals surface area contributed by atoms with Crippen molar-refractivity contribution in [1.82, 2.24) is 19.9 Å². The number of aromatic nitrogens is 3. The Bertz CT molecular complexity index is 1260. The summed E-state index contributed by atoms with van der Waals surface area (Å²) in [6.07, 6.45) is 2.87. The number of carbonyl (C=O) groups is 1. The van der Waals surface area contributed by atoms with Crippen molar-refractivity contribution in [3.05, 3.63) is 71.1 Å². The van der Waals surface area contributed by atoms with Gasteiger partial charge in [-0.05, 0) is 42.5 Å². The van der Waals surface area contributed by atoms with Crippen LogP contribution in [0, 0.1) is 0 Å². The lowest BCUT2D eigenvalue weighted by Crippen LogP contribution is -2.21. The van der Waals surface area contributed by atoms with Gasteiger partial charge < -0.3 is 24.7 Å². The third-order valence-electron chi connectivity index (χ3n) is 4.54. The van der Waals surface area contributed by atoms with Gasteiger partial charge in [0.05, 0.1) is 17.1 Å². The SMILES string of the molecule is CNC(=O)OCCn1ccc2ncnc(Nc3ccc(Oc4cccc(Cl)c4)c(Cl)c3)c21. The van der Waals surface area contributed by atoms with Gasteiger partial charge in [0.1, 0.15) is 29.9 Å². The molecule has 0 radical (unpaired) electrons. The number of rotatable bonds is 7. The van der Waals surface area contributed by atoms with E-state index in [0.717, 1.165) is 16.7 Å². The number of amides is 1. The fourth-order valence-corrected chi connectivity index (χ4v) is 3.47. The van der Waals surface area contributed by atoms with Crippen LogP contribution < -0.4 is 15.4 Å². The van der Waals surface area contributed by atoms with Crippen molar-refractivity contribution in [2.24, 2.45) is 0 Å². The number of alkyl carbamates (subject to hydrolysis) is 1. The highest BCUT2D eigenvalue weighted by molar-refractivity contribution is 6.32. The Morgan fingerprint density at radius 1 is 1.12 bits per heavy atom. The van der Waals surface area contributed by atoms with E-state index in [0.29, 0.717) is 33.9 Å². The minimum absolute atomic E-state index is 0.207. The zero-order valence-corrected chi connectivity index (χ0v) is 18.5. The summed E-state index contributed by atoms with van der Waals surface area (Å²) in [7, 11) is 1.51. The number of hydrogen-bond acceptors (Lipinski definition) is 6. The predicted octanol–water partition coefficient (Wildman–Crippen LogP) is 5.63. The smallest absolute Gasteiger partial charge is 0.406 e. The van der Waals surface area contributed by atoms with Gasteiger partial charge in [-0.2, -0.15) is 0 Å². The van der Waals surface area contributed by atoms with Crippen molar-refractivity contribution in [3.63, 3.8) is 0 Å². The highest BCUT2D eigenvalue weighted by Gasteiger charge is 2.12. The van der Waals surface area contributed by atoms with E-state index in [9.17, 15) is 4.79 Å². The lowest BCUT2D eigenvalue weighted by atomic mass is 10.3. The lowest BCUT2D eigenvalue weighted by Gasteiger charge is -2.13. The summed E-state index contributed by atoms with van der Waals surface area (Å²) in [5.74, 6) is 1.69. The third-order valence-corrected chi connectivity index (χ3v) is 5.07. The molecule has 0 unspecified atom stereocenters. The van der Waals surface area contributed by atoms with Crippen LogP contribution in [0.25, 0.3) is 11.0 Å². The molecule has 2 aromatic heterocycles. The molecule has 10 heteroatoms. The molecular formula is C22H19Cl2N5O3. The van der Waals surface area contributed by atoms with Crippen LogP contribution in [0.4, 0.5) is 16.3 Å². The molecule has 4 rings (SSSR count). The summed E-state index contributed by atoms with van der Waals surface area (Å²) in [6.45, 7) is 0.658. The number of nitrogens with one attached hydrogen (secondary N) is 2. The predicted molar refractivity (Wildman–Crippen MR) is 124 cm³/mol. The zero-order chi connectivity index (χ0) is 22.5. The van der Waals surface area contributed by atoms with E-state index in [-0.39, 0.29) is 6.61 Å². The first-order valence-corrected chi connectivity index (χ1v) is 10.4. The first kappa shape index (κ1) is 21.7. The molecule has 0 aliphatic carbocycles. The fraction of sp³-hybridized carbons (Fsp3) is 0.136. The minimum Gasteiger partial charge on any atom is -0.456 e. The van der Waals surface area contributed by atoms with Gasteiger partial charge >= 0.3 is 6.09 Å². The minimum atomic E-state index is -0.481. The van der Waals surface area contributed by atoms with E-state index >= 15 is 0 Å². The van der Waals surface area contributed by atoms with E-state index < -0.39 is 6.09 Å². The maximum absolute atomic E-state index is 11.3.